The lowest BCUT2D eigenvalue weighted by Crippen LogP contribution is -2.37. The van der Waals surface area contributed by atoms with Crippen molar-refractivity contribution in [1.82, 2.24) is 0 Å². The molecule has 0 radical (unpaired) electrons. The Bertz CT molecular complexity index is 1020. The average Bonchev–Trinajstić information content (AvgIpc) is 3.12. The standard InChI is InChI=1S/C44H82NO8P/c1-6-8-10-12-14-16-18-20-21-22-23-25-26-28-30-32-34-36-43(46)50-40-42(41-52-54(48,49)51-39-38-45(3,4)5)53-44(47)37-35-33-31-29-27-24-19-17-15-13-11-9-7-2/h14,16,20-21,23,25,42H,6-13,15,17-19,22,24,26-41H2,1-5H3/b16-14+,21-20+,25-23+/t42-/m1/s1. The van der Waals surface area contributed by atoms with Crippen molar-refractivity contribution in [2.24, 2.45) is 0 Å². The van der Waals surface area contributed by atoms with Crippen LogP contribution in [0.2, 0.25) is 0 Å². The second-order valence-electron chi connectivity index (χ2n) is 15.7. The Kier molecular flexibility index (Phi) is 35.6. The first-order valence-corrected chi connectivity index (χ1v) is 23.2. The molecule has 0 aromatic rings. The summed E-state index contributed by atoms with van der Waals surface area (Å²) in [5, 5.41) is 0. The molecule has 9 nitrogen and oxygen atoms in total. The molecule has 0 rings (SSSR count). The van der Waals surface area contributed by atoms with E-state index < -0.39 is 32.5 Å². The number of phosphoric ester groups is 1. The minimum atomic E-state index is -4.62. The minimum absolute atomic E-state index is 0.0340. The molecule has 0 spiro atoms. The SMILES string of the molecule is CCCCC/C=C/C/C=C/C/C=C/CCCCCCC(=O)OC[C@H](COP(=O)([O-])OCC[N+](C)(C)C)OC(=O)CCCCCCCCCCCCCCC. The number of unbranched alkanes of at least 4 members (excludes halogenated alkanes) is 19. The Labute approximate surface area is 331 Å². The van der Waals surface area contributed by atoms with Crippen molar-refractivity contribution in [3.8, 4) is 0 Å². The molecule has 0 aliphatic heterocycles. The summed E-state index contributed by atoms with van der Waals surface area (Å²) in [6, 6.07) is 0. The number of ether oxygens (including phenoxy) is 2. The van der Waals surface area contributed by atoms with Crippen LogP contribution in [0.5, 0.6) is 0 Å². The number of rotatable bonds is 39. The number of allylic oxidation sites excluding steroid dienone is 6. The summed E-state index contributed by atoms with van der Waals surface area (Å²) in [4.78, 5) is 37.5. The first-order valence-electron chi connectivity index (χ1n) is 21.7. The van der Waals surface area contributed by atoms with Crippen LogP contribution >= 0.6 is 7.82 Å². The lowest BCUT2D eigenvalue weighted by molar-refractivity contribution is -0.870. The van der Waals surface area contributed by atoms with Crippen LogP contribution in [-0.2, 0) is 32.7 Å². The van der Waals surface area contributed by atoms with Crippen molar-refractivity contribution >= 4 is 19.8 Å². The molecule has 1 unspecified atom stereocenters. The van der Waals surface area contributed by atoms with E-state index in [9.17, 15) is 19.0 Å². The Morgan fingerprint density at radius 3 is 1.52 bits per heavy atom. The maximum atomic E-state index is 12.6. The molecule has 0 aromatic heterocycles. The van der Waals surface area contributed by atoms with Crippen molar-refractivity contribution in [3.63, 3.8) is 0 Å². The van der Waals surface area contributed by atoms with Gasteiger partial charge in [0.15, 0.2) is 6.10 Å². The molecule has 10 heteroatoms. The molecular weight excluding hydrogens is 701 g/mol. The molecule has 0 saturated carbocycles. The van der Waals surface area contributed by atoms with Crippen LogP contribution in [0, 0.1) is 0 Å². The van der Waals surface area contributed by atoms with Gasteiger partial charge >= 0.3 is 11.9 Å². The molecule has 0 heterocycles. The zero-order valence-corrected chi connectivity index (χ0v) is 36.3. The first kappa shape index (κ1) is 52.2. The zero-order chi connectivity index (χ0) is 40.0. The van der Waals surface area contributed by atoms with Gasteiger partial charge in [0.1, 0.15) is 19.8 Å². The first-order chi connectivity index (χ1) is 26.0. The second kappa shape index (κ2) is 36.8. The predicted molar refractivity (Wildman–Crippen MR) is 222 cm³/mol. The van der Waals surface area contributed by atoms with Crippen molar-refractivity contribution in [1.29, 1.82) is 0 Å². The molecule has 2 atom stereocenters. The molecule has 0 N–H and O–H groups in total. The molecule has 0 bridgehead atoms. The third-order valence-electron chi connectivity index (χ3n) is 9.16. The van der Waals surface area contributed by atoms with Gasteiger partial charge in [0.05, 0.1) is 27.7 Å². The van der Waals surface area contributed by atoms with Crippen LogP contribution in [0.3, 0.4) is 0 Å². The van der Waals surface area contributed by atoms with Gasteiger partial charge < -0.3 is 27.9 Å². The van der Waals surface area contributed by atoms with Gasteiger partial charge in [-0.1, -0.05) is 153 Å². The Hall–Kier alpha value is -1.77. The number of hydrogen-bond donors (Lipinski definition) is 0. The third-order valence-corrected chi connectivity index (χ3v) is 10.1. The molecule has 0 aliphatic carbocycles. The lowest BCUT2D eigenvalue weighted by atomic mass is 10.0. The Morgan fingerprint density at radius 2 is 1.00 bits per heavy atom. The van der Waals surface area contributed by atoms with Crippen molar-refractivity contribution in [2.45, 2.75) is 187 Å². The van der Waals surface area contributed by atoms with Gasteiger partial charge in [0, 0.05) is 12.8 Å². The van der Waals surface area contributed by atoms with E-state index in [4.69, 9.17) is 18.5 Å². The van der Waals surface area contributed by atoms with E-state index in [0.29, 0.717) is 23.9 Å². The van der Waals surface area contributed by atoms with E-state index in [1.54, 1.807) is 0 Å². The van der Waals surface area contributed by atoms with E-state index in [2.05, 4.69) is 50.3 Å². The van der Waals surface area contributed by atoms with Gasteiger partial charge in [-0.2, -0.15) is 0 Å². The van der Waals surface area contributed by atoms with Crippen molar-refractivity contribution in [2.75, 3.05) is 47.5 Å². The Balaban J connectivity index is 4.40. The summed E-state index contributed by atoms with van der Waals surface area (Å²) < 4.78 is 33.8. The number of phosphoric acid groups is 1. The molecule has 316 valence electrons. The molecule has 0 saturated heterocycles. The lowest BCUT2D eigenvalue weighted by Gasteiger charge is -2.28. The van der Waals surface area contributed by atoms with Gasteiger partial charge in [0.25, 0.3) is 7.82 Å². The van der Waals surface area contributed by atoms with Crippen molar-refractivity contribution in [3.05, 3.63) is 36.5 Å². The fourth-order valence-corrected chi connectivity index (χ4v) is 6.45. The predicted octanol–water partition coefficient (Wildman–Crippen LogP) is 11.5. The highest BCUT2D eigenvalue weighted by molar-refractivity contribution is 7.45. The van der Waals surface area contributed by atoms with Gasteiger partial charge in [-0.05, 0) is 51.4 Å². The van der Waals surface area contributed by atoms with Gasteiger partial charge in [-0.25, -0.2) is 0 Å². The van der Waals surface area contributed by atoms with Crippen LogP contribution in [0.1, 0.15) is 181 Å². The third kappa shape index (κ3) is 39.9. The number of hydrogen-bond acceptors (Lipinski definition) is 8. The molecule has 0 aliphatic rings. The van der Waals surface area contributed by atoms with E-state index in [1.165, 1.54) is 83.5 Å². The topological polar surface area (TPSA) is 111 Å². The van der Waals surface area contributed by atoms with Gasteiger partial charge in [-0.3, -0.25) is 14.2 Å². The smallest absolute Gasteiger partial charge is 0.306 e. The van der Waals surface area contributed by atoms with Crippen LogP contribution in [0.4, 0.5) is 0 Å². The van der Waals surface area contributed by atoms with E-state index in [1.807, 2.05) is 21.1 Å². The number of carbonyl (C=O) groups excluding carboxylic acids is 2. The van der Waals surface area contributed by atoms with Gasteiger partial charge in [-0.15, -0.1) is 0 Å². The monoisotopic (exact) mass is 784 g/mol. The summed E-state index contributed by atoms with van der Waals surface area (Å²) in [7, 11) is 1.15. The average molecular weight is 784 g/mol. The second-order valence-corrected chi connectivity index (χ2v) is 17.1. The number of carbonyl (C=O) groups is 2. The maximum Gasteiger partial charge on any atom is 0.306 e. The number of nitrogens with zero attached hydrogens (tertiary/aromatic N) is 1. The quantitative estimate of drug-likeness (QED) is 0.0199. The normalized spacial score (nSPS) is 14.0. The number of likely N-dealkylation sites (N-methyl/N-ethyl adjacent to an activating group) is 1. The summed E-state index contributed by atoms with van der Waals surface area (Å²) in [6.45, 7) is 4.17. The fraction of sp³-hybridized carbons (Fsp3) is 0.818. The molecule has 0 aromatic carbocycles. The van der Waals surface area contributed by atoms with Crippen LogP contribution in [0.25, 0.3) is 0 Å². The van der Waals surface area contributed by atoms with Crippen molar-refractivity contribution < 1.29 is 42.1 Å². The molecule has 0 fully saturated rings. The molecule has 0 amide bonds. The zero-order valence-electron chi connectivity index (χ0n) is 35.4. The van der Waals surface area contributed by atoms with E-state index in [0.717, 1.165) is 57.8 Å². The number of esters is 2. The summed E-state index contributed by atoms with van der Waals surface area (Å²) in [5.41, 5.74) is 0. The summed E-state index contributed by atoms with van der Waals surface area (Å²) in [6.07, 6.45) is 40.2. The highest BCUT2D eigenvalue weighted by Crippen LogP contribution is 2.38. The summed E-state index contributed by atoms with van der Waals surface area (Å²) >= 11 is 0. The minimum Gasteiger partial charge on any atom is -0.756 e. The molecule has 54 heavy (non-hydrogen) atoms. The largest absolute Gasteiger partial charge is 0.756 e. The highest BCUT2D eigenvalue weighted by Gasteiger charge is 2.21. The van der Waals surface area contributed by atoms with E-state index >= 15 is 0 Å². The highest BCUT2D eigenvalue weighted by atomic mass is 31.2. The summed E-state index contributed by atoms with van der Waals surface area (Å²) in [5.74, 6) is -0.857. The maximum absolute atomic E-state index is 12.6. The fourth-order valence-electron chi connectivity index (χ4n) is 5.72. The Morgan fingerprint density at radius 1 is 0.574 bits per heavy atom. The van der Waals surface area contributed by atoms with Gasteiger partial charge in [0.2, 0.25) is 0 Å². The molecular formula is C44H82NO8P. The van der Waals surface area contributed by atoms with Crippen LogP contribution in [0.15, 0.2) is 36.5 Å². The van der Waals surface area contributed by atoms with Crippen LogP contribution in [-0.4, -0.2) is 70.0 Å². The van der Waals surface area contributed by atoms with E-state index in [-0.39, 0.29) is 26.1 Å². The number of quaternary nitrogens is 1. The van der Waals surface area contributed by atoms with Crippen LogP contribution < -0.4 is 4.89 Å².